The van der Waals surface area contributed by atoms with Crippen molar-refractivity contribution in [3.63, 3.8) is 0 Å². The van der Waals surface area contributed by atoms with Crippen LogP contribution in [0.15, 0.2) is 48.5 Å². The summed E-state index contributed by atoms with van der Waals surface area (Å²) < 4.78 is 11.0. The molecule has 4 nitrogen and oxygen atoms in total. The Balaban J connectivity index is 2.35. The first-order valence-electron chi connectivity index (χ1n) is 6.25. The molecule has 1 atom stereocenters. The SMILES string of the molecule is COc1cccc(C(=O)O)c1OC(C)c1ccccc1. The highest BCUT2D eigenvalue weighted by Crippen LogP contribution is 2.34. The first-order valence-corrected chi connectivity index (χ1v) is 6.25. The number of hydrogen-bond donors (Lipinski definition) is 1. The van der Waals surface area contributed by atoms with E-state index in [2.05, 4.69) is 0 Å². The van der Waals surface area contributed by atoms with Crippen LogP contribution in [0.1, 0.15) is 28.9 Å². The molecule has 0 aromatic heterocycles. The zero-order valence-corrected chi connectivity index (χ0v) is 11.4. The molecule has 0 fully saturated rings. The van der Waals surface area contributed by atoms with E-state index >= 15 is 0 Å². The Morgan fingerprint density at radius 1 is 1.10 bits per heavy atom. The molecule has 104 valence electrons. The molecule has 20 heavy (non-hydrogen) atoms. The predicted octanol–water partition coefficient (Wildman–Crippen LogP) is 3.53. The van der Waals surface area contributed by atoms with Crippen molar-refractivity contribution in [3.05, 3.63) is 59.7 Å². The van der Waals surface area contributed by atoms with Crippen molar-refractivity contribution < 1.29 is 19.4 Å². The van der Waals surface area contributed by atoms with Gasteiger partial charge in [0.1, 0.15) is 11.7 Å². The fourth-order valence-corrected chi connectivity index (χ4v) is 1.94. The largest absolute Gasteiger partial charge is 0.493 e. The molecule has 0 amide bonds. The predicted molar refractivity (Wildman–Crippen MR) is 75.4 cm³/mol. The molecule has 2 aromatic carbocycles. The van der Waals surface area contributed by atoms with E-state index in [1.54, 1.807) is 12.1 Å². The summed E-state index contributed by atoms with van der Waals surface area (Å²) in [5, 5.41) is 9.23. The van der Waals surface area contributed by atoms with Crippen LogP contribution >= 0.6 is 0 Å². The van der Waals surface area contributed by atoms with Crippen molar-refractivity contribution in [2.75, 3.05) is 7.11 Å². The average Bonchev–Trinajstić information content (AvgIpc) is 2.48. The van der Waals surface area contributed by atoms with Gasteiger partial charge in [0.2, 0.25) is 0 Å². The lowest BCUT2D eigenvalue weighted by Crippen LogP contribution is -2.08. The van der Waals surface area contributed by atoms with Gasteiger partial charge in [0.05, 0.1) is 7.11 Å². The van der Waals surface area contributed by atoms with E-state index in [4.69, 9.17) is 9.47 Å². The maximum absolute atomic E-state index is 11.3. The zero-order chi connectivity index (χ0) is 14.5. The number of ether oxygens (including phenoxy) is 2. The lowest BCUT2D eigenvalue weighted by molar-refractivity contribution is 0.0688. The highest BCUT2D eigenvalue weighted by molar-refractivity contribution is 5.92. The molecular weight excluding hydrogens is 256 g/mol. The normalized spacial score (nSPS) is 11.7. The summed E-state index contributed by atoms with van der Waals surface area (Å²) in [6.45, 7) is 1.87. The second-order valence-electron chi connectivity index (χ2n) is 4.31. The number of para-hydroxylation sites is 1. The van der Waals surface area contributed by atoms with Crippen LogP contribution in [0.4, 0.5) is 0 Å². The van der Waals surface area contributed by atoms with Crippen LogP contribution in [-0.4, -0.2) is 18.2 Å². The van der Waals surface area contributed by atoms with E-state index in [-0.39, 0.29) is 17.4 Å². The molecule has 0 bridgehead atoms. The average molecular weight is 272 g/mol. The standard InChI is InChI=1S/C16H16O4/c1-11(12-7-4-3-5-8-12)20-15-13(16(17)18)9-6-10-14(15)19-2/h3-11H,1-2H3,(H,17,18). The van der Waals surface area contributed by atoms with Crippen molar-refractivity contribution in [3.8, 4) is 11.5 Å². The smallest absolute Gasteiger partial charge is 0.339 e. The number of carboxylic acid groups (broad SMARTS) is 1. The number of benzene rings is 2. The van der Waals surface area contributed by atoms with E-state index in [0.29, 0.717) is 5.75 Å². The topological polar surface area (TPSA) is 55.8 Å². The van der Waals surface area contributed by atoms with Crippen LogP contribution in [0.3, 0.4) is 0 Å². The van der Waals surface area contributed by atoms with Gasteiger partial charge in [-0.05, 0) is 24.6 Å². The maximum atomic E-state index is 11.3. The second kappa shape index (κ2) is 6.10. The number of carbonyl (C=O) groups is 1. The number of hydrogen-bond acceptors (Lipinski definition) is 3. The minimum absolute atomic E-state index is 0.0899. The van der Waals surface area contributed by atoms with Crippen LogP contribution in [0.5, 0.6) is 11.5 Å². The molecule has 1 N–H and O–H groups in total. The van der Waals surface area contributed by atoms with Crippen LogP contribution in [0.2, 0.25) is 0 Å². The highest BCUT2D eigenvalue weighted by atomic mass is 16.5. The molecule has 0 saturated heterocycles. The number of carboxylic acids is 1. The third kappa shape index (κ3) is 2.91. The molecule has 2 aromatic rings. The summed E-state index contributed by atoms with van der Waals surface area (Å²) in [6, 6.07) is 14.4. The van der Waals surface area contributed by atoms with Gasteiger partial charge in [-0.1, -0.05) is 36.4 Å². The molecule has 0 aliphatic heterocycles. The van der Waals surface area contributed by atoms with Gasteiger partial charge in [-0.25, -0.2) is 4.79 Å². The van der Waals surface area contributed by atoms with E-state index < -0.39 is 5.97 Å². The Bertz CT molecular complexity index is 593. The molecule has 1 unspecified atom stereocenters. The van der Waals surface area contributed by atoms with Crippen LogP contribution in [0, 0.1) is 0 Å². The first kappa shape index (κ1) is 13.9. The minimum Gasteiger partial charge on any atom is -0.493 e. The Morgan fingerprint density at radius 3 is 2.40 bits per heavy atom. The lowest BCUT2D eigenvalue weighted by atomic mass is 10.1. The van der Waals surface area contributed by atoms with Crippen LogP contribution < -0.4 is 9.47 Å². The third-order valence-electron chi connectivity index (χ3n) is 2.99. The van der Waals surface area contributed by atoms with Gasteiger partial charge in [-0.3, -0.25) is 0 Å². The van der Waals surface area contributed by atoms with Gasteiger partial charge < -0.3 is 14.6 Å². The van der Waals surface area contributed by atoms with Gasteiger partial charge in [0.15, 0.2) is 11.5 Å². The van der Waals surface area contributed by atoms with Crippen molar-refractivity contribution in [2.45, 2.75) is 13.0 Å². The van der Waals surface area contributed by atoms with E-state index in [1.165, 1.54) is 13.2 Å². The second-order valence-corrected chi connectivity index (χ2v) is 4.31. The molecule has 0 aliphatic rings. The monoisotopic (exact) mass is 272 g/mol. The van der Waals surface area contributed by atoms with Gasteiger partial charge in [-0.15, -0.1) is 0 Å². The van der Waals surface area contributed by atoms with Gasteiger partial charge in [-0.2, -0.15) is 0 Å². The summed E-state index contributed by atoms with van der Waals surface area (Å²) in [5.74, 6) is -0.384. The Hall–Kier alpha value is -2.49. The molecule has 0 heterocycles. The minimum atomic E-state index is -1.04. The number of aromatic carboxylic acids is 1. The molecule has 0 aliphatic carbocycles. The Kier molecular flexibility index (Phi) is 4.25. The Labute approximate surface area is 117 Å². The fourth-order valence-electron chi connectivity index (χ4n) is 1.94. The van der Waals surface area contributed by atoms with Crippen molar-refractivity contribution >= 4 is 5.97 Å². The van der Waals surface area contributed by atoms with E-state index in [0.717, 1.165) is 5.56 Å². The number of methoxy groups -OCH3 is 1. The Morgan fingerprint density at radius 2 is 1.80 bits per heavy atom. The van der Waals surface area contributed by atoms with E-state index in [9.17, 15) is 9.90 Å². The van der Waals surface area contributed by atoms with Gasteiger partial charge >= 0.3 is 5.97 Å². The summed E-state index contributed by atoms with van der Waals surface area (Å²) in [4.78, 5) is 11.3. The summed E-state index contributed by atoms with van der Waals surface area (Å²) >= 11 is 0. The van der Waals surface area contributed by atoms with Gasteiger partial charge in [0.25, 0.3) is 0 Å². The number of rotatable bonds is 5. The molecule has 0 radical (unpaired) electrons. The maximum Gasteiger partial charge on any atom is 0.339 e. The van der Waals surface area contributed by atoms with Gasteiger partial charge in [0, 0.05) is 0 Å². The molecule has 4 heteroatoms. The summed E-state index contributed by atoms with van der Waals surface area (Å²) in [7, 11) is 1.49. The fraction of sp³-hybridized carbons (Fsp3) is 0.188. The first-order chi connectivity index (χ1) is 9.63. The highest BCUT2D eigenvalue weighted by Gasteiger charge is 2.19. The molecule has 0 saturated carbocycles. The summed E-state index contributed by atoms with van der Waals surface area (Å²) in [6.07, 6.45) is -0.273. The van der Waals surface area contributed by atoms with Crippen molar-refractivity contribution in [1.82, 2.24) is 0 Å². The van der Waals surface area contributed by atoms with Crippen LogP contribution in [0.25, 0.3) is 0 Å². The quantitative estimate of drug-likeness (QED) is 0.904. The molecular formula is C16H16O4. The van der Waals surface area contributed by atoms with E-state index in [1.807, 2.05) is 37.3 Å². The summed E-state index contributed by atoms with van der Waals surface area (Å²) in [5.41, 5.74) is 1.06. The third-order valence-corrected chi connectivity index (χ3v) is 2.99. The van der Waals surface area contributed by atoms with Crippen LogP contribution in [-0.2, 0) is 0 Å². The van der Waals surface area contributed by atoms with Crippen molar-refractivity contribution in [1.29, 1.82) is 0 Å². The van der Waals surface area contributed by atoms with Crippen molar-refractivity contribution in [2.24, 2.45) is 0 Å². The molecule has 0 spiro atoms. The zero-order valence-electron chi connectivity index (χ0n) is 11.4. The lowest BCUT2D eigenvalue weighted by Gasteiger charge is -2.18. The molecule has 2 rings (SSSR count).